The fourth-order valence-electron chi connectivity index (χ4n) is 4.09. The molecule has 4 aromatic rings. The van der Waals surface area contributed by atoms with Crippen LogP contribution in [0.4, 0.5) is 0 Å². The average molecular weight is 399 g/mol. The van der Waals surface area contributed by atoms with Crippen molar-refractivity contribution in [3.8, 4) is 22.4 Å². The van der Waals surface area contributed by atoms with E-state index in [0.717, 1.165) is 47.0 Å². The summed E-state index contributed by atoms with van der Waals surface area (Å²) in [5, 5.41) is 10.3. The SMILES string of the molecule is NCCCCc1c(-c2ccccc2-c2ccccc2)[nH]c2ccc(CC(=O)O)cc12. The Bertz CT molecular complexity index is 1160. The van der Waals surface area contributed by atoms with Crippen LogP contribution in [0.5, 0.6) is 0 Å². The molecule has 0 saturated heterocycles. The molecule has 0 spiro atoms. The van der Waals surface area contributed by atoms with Gasteiger partial charge in [-0.3, -0.25) is 4.79 Å². The van der Waals surface area contributed by atoms with Crippen LogP contribution in [0.3, 0.4) is 0 Å². The van der Waals surface area contributed by atoms with Crippen LogP contribution in [0.15, 0.2) is 72.8 Å². The molecule has 3 aromatic carbocycles. The van der Waals surface area contributed by atoms with Gasteiger partial charge in [-0.05, 0) is 60.2 Å². The summed E-state index contributed by atoms with van der Waals surface area (Å²) >= 11 is 0. The molecule has 1 heterocycles. The molecule has 4 heteroatoms. The molecule has 30 heavy (non-hydrogen) atoms. The second-order valence-corrected chi connectivity index (χ2v) is 7.59. The van der Waals surface area contributed by atoms with Crippen molar-refractivity contribution < 1.29 is 9.90 Å². The number of H-pyrrole nitrogens is 1. The van der Waals surface area contributed by atoms with Gasteiger partial charge in [-0.2, -0.15) is 0 Å². The van der Waals surface area contributed by atoms with Crippen molar-refractivity contribution in [3.05, 3.63) is 83.9 Å². The first-order valence-electron chi connectivity index (χ1n) is 10.4. The molecule has 0 aliphatic heterocycles. The van der Waals surface area contributed by atoms with Crippen LogP contribution >= 0.6 is 0 Å². The second kappa shape index (κ2) is 8.97. The van der Waals surface area contributed by atoms with Gasteiger partial charge in [-0.25, -0.2) is 0 Å². The molecule has 0 fully saturated rings. The number of rotatable bonds is 8. The van der Waals surface area contributed by atoms with E-state index < -0.39 is 5.97 Å². The van der Waals surface area contributed by atoms with Crippen molar-refractivity contribution in [1.29, 1.82) is 0 Å². The van der Waals surface area contributed by atoms with E-state index in [1.165, 1.54) is 16.7 Å². The topological polar surface area (TPSA) is 79.1 Å². The second-order valence-electron chi connectivity index (χ2n) is 7.59. The van der Waals surface area contributed by atoms with Crippen LogP contribution < -0.4 is 5.73 Å². The van der Waals surface area contributed by atoms with Gasteiger partial charge in [0.05, 0.1) is 12.1 Å². The molecule has 152 valence electrons. The fraction of sp³-hybridized carbons (Fsp3) is 0.192. The number of unbranched alkanes of at least 4 members (excludes halogenated alkanes) is 1. The molecule has 1 aromatic heterocycles. The van der Waals surface area contributed by atoms with Crippen LogP contribution in [0.1, 0.15) is 24.0 Å². The van der Waals surface area contributed by atoms with E-state index in [4.69, 9.17) is 5.73 Å². The van der Waals surface area contributed by atoms with Crippen molar-refractivity contribution >= 4 is 16.9 Å². The largest absolute Gasteiger partial charge is 0.481 e. The maximum atomic E-state index is 11.2. The molecule has 0 bridgehead atoms. The standard InChI is InChI=1S/C26H26N2O2/c27-15-7-6-12-22-23-16-18(17-25(29)30)13-14-24(23)28-26(22)21-11-5-4-10-20(21)19-8-2-1-3-9-19/h1-5,8-11,13-14,16,28H,6-7,12,15,17,27H2,(H,29,30). The zero-order valence-corrected chi connectivity index (χ0v) is 16.9. The van der Waals surface area contributed by atoms with Gasteiger partial charge in [0, 0.05) is 16.5 Å². The van der Waals surface area contributed by atoms with Crippen LogP contribution in [-0.2, 0) is 17.6 Å². The number of aromatic nitrogens is 1. The summed E-state index contributed by atoms with van der Waals surface area (Å²) in [7, 11) is 0. The molecule has 0 saturated carbocycles. The summed E-state index contributed by atoms with van der Waals surface area (Å²) in [5.74, 6) is -0.816. The minimum Gasteiger partial charge on any atom is -0.481 e. The summed E-state index contributed by atoms with van der Waals surface area (Å²) in [6.07, 6.45) is 2.87. The van der Waals surface area contributed by atoms with Gasteiger partial charge >= 0.3 is 5.97 Å². The van der Waals surface area contributed by atoms with Gasteiger partial charge in [-0.15, -0.1) is 0 Å². The number of carbonyl (C=O) groups is 1. The zero-order valence-electron chi connectivity index (χ0n) is 16.9. The van der Waals surface area contributed by atoms with Crippen molar-refractivity contribution in [2.24, 2.45) is 5.73 Å². The summed E-state index contributed by atoms with van der Waals surface area (Å²) < 4.78 is 0. The Morgan fingerprint density at radius 1 is 0.900 bits per heavy atom. The molecule has 4 N–H and O–H groups in total. The van der Waals surface area contributed by atoms with E-state index in [1.807, 2.05) is 24.3 Å². The van der Waals surface area contributed by atoms with Crippen LogP contribution in [0, 0.1) is 0 Å². The maximum absolute atomic E-state index is 11.2. The fourth-order valence-corrected chi connectivity index (χ4v) is 4.09. The number of hydrogen-bond donors (Lipinski definition) is 3. The average Bonchev–Trinajstić information content (AvgIpc) is 3.12. The number of aromatic amines is 1. The normalized spacial score (nSPS) is 11.1. The van der Waals surface area contributed by atoms with E-state index >= 15 is 0 Å². The van der Waals surface area contributed by atoms with Crippen molar-refractivity contribution in [2.75, 3.05) is 6.54 Å². The van der Waals surface area contributed by atoms with Gasteiger partial charge in [0.15, 0.2) is 0 Å². The van der Waals surface area contributed by atoms with E-state index in [1.54, 1.807) is 0 Å². The first-order chi connectivity index (χ1) is 14.7. The van der Waals surface area contributed by atoms with E-state index in [-0.39, 0.29) is 6.42 Å². The van der Waals surface area contributed by atoms with Crippen molar-refractivity contribution in [2.45, 2.75) is 25.7 Å². The molecule has 0 atom stereocenters. The Labute approximate surface area is 176 Å². The third-order valence-corrected chi connectivity index (χ3v) is 5.49. The number of benzene rings is 3. The van der Waals surface area contributed by atoms with E-state index in [0.29, 0.717) is 6.54 Å². The molecule has 4 nitrogen and oxygen atoms in total. The number of nitrogens with one attached hydrogen (secondary N) is 1. The number of hydrogen-bond acceptors (Lipinski definition) is 2. The van der Waals surface area contributed by atoms with Crippen molar-refractivity contribution in [3.63, 3.8) is 0 Å². The number of carboxylic acids is 1. The molecule has 0 aliphatic rings. The lowest BCUT2D eigenvalue weighted by Crippen LogP contribution is -2.00. The van der Waals surface area contributed by atoms with Gasteiger partial charge in [0.1, 0.15) is 0 Å². The highest BCUT2D eigenvalue weighted by Gasteiger charge is 2.17. The van der Waals surface area contributed by atoms with Crippen LogP contribution in [-0.4, -0.2) is 22.6 Å². The molecule has 4 rings (SSSR count). The molecular weight excluding hydrogens is 372 g/mol. The van der Waals surface area contributed by atoms with Gasteiger partial charge in [-0.1, -0.05) is 60.7 Å². The number of carboxylic acid groups (broad SMARTS) is 1. The number of aliphatic carboxylic acids is 1. The third-order valence-electron chi connectivity index (χ3n) is 5.49. The molecule has 0 amide bonds. The van der Waals surface area contributed by atoms with Gasteiger partial charge in [0.2, 0.25) is 0 Å². The molecular formula is C26H26N2O2. The smallest absolute Gasteiger partial charge is 0.307 e. The highest BCUT2D eigenvalue weighted by atomic mass is 16.4. The zero-order chi connectivity index (χ0) is 20.9. The number of nitrogens with two attached hydrogens (primary N) is 1. The summed E-state index contributed by atoms with van der Waals surface area (Å²) in [6.45, 7) is 0.669. The Kier molecular flexibility index (Phi) is 5.96. The third kappa shape index (κ3) is 4.14. The Morgan fingerprint density at radius 2 is 1.63 bits per heavy atom. The summed E-state index contributed by atoms with van der Waals surface area (Å²) in [4.78, 5) is 14.8. The van der Waals surface area contributed by atoms with Crippen LogP contribution in [0.2, 0.25) is 0 Å². The Hall–Kier alpha value is -3.37. The minimum absolute atomic E-state index is 0.0271. The predicted molar refractivity (Wildman–Crippen MR) is 123 cm³/mol. The first kappa shape index (κ1) is 19.9. The first-order valence-corrected chi connectivity index (χ1v) is 10.4. The van der Waals surface area contributed by atoms with E-state index in [9.17, 15) is 9.90 Å². The molecule has 0 radical (unpaired) electrons. The Balaban J connectivity index is 1.88. The van der Waals surface area contributed by atoms with Crippen molar-refractivity contribution in [1.82, 2.24) is 4.98 Å². The lowest BCUT2D eigenvalue weighted by Gasteiger charge is -2.11. The molecule has 0 aliphatic carbocycles. The quantitative estimate of drug-likeness (QED) is 0.347. The lowest BCUT2D eigenvalue weighted by molar-refractivity contribution is -0.136. The summed E-state index contributed by atoms with van der Waals surface area (Å²) in [5.41, 5.74) is 13.4. The number of aryl methyl sites for hydroxylation is 1. The highest BCUT2D eigenvalue weighted by molar-refractivity contribution is 5.95. The summed E-state index contributed by atoms with van der Waals surface area (Å²) in [6, 6.07) is 24.7. The predicted octanol–water partition coefficient (Wildman–Crippen LogP) is 5.41. The van der Waals surface area contributed by atoms with Gasteiger partial charge in [0.25, 0.3) is 0 Å². The van der Waals surface area contributed by atoms with Crippen LogP contribution in [0.25, 0.3) is 33.3 Å². The van der Waals surface area contributed by atoms with E-state index in [2.05, 4.69) is 53.5 Å². The highest BCUT2D eigenvalue weighted by Crippen LogP contribution is 2.37. The Morgan fingerprint density at radius 3 is 2.37 bits per heavy atom. The molecule has 0 unspecified atom stereocenters. The maximum Gasteiger partial charge on any atom is 0.307 e. The lowest BCUT2D eigenvalue weighted by atomic mass is 9.93. The monoisotopic (exact) mass is 398 g/mol. The number of fused-ring (bicyclic) bond motifs is 1. The van der Waals surface area contributed by atoms with Gasteiger partial charge < -0.3 is 15.8 Å². The minimum atomic E-state index is -0.816.